The van der Waals surface area contributed by atoms with Crippen LogP contribution in [0.2, 0.25) is 5.02 Å². The normalized spacial score (nSPS) is 11.4. The van der Waals surface area contributed by atoms with E-state index in [9.17, 15) is 13.2 Å². The summed E-state index contributed by atoms with van der Waals surface area (Å²) in [4.78, 5) is 0. The van der Waals surface area contributed by atoms with E-state index in [1.54, 1.807) is 18.2 Å². The molecule has 100 valence electrons. The van der Waals surface area contributed by atoms with Crippen molar-refractivity contribution >= 4 is 11.6 Å². The van der Waals surface area contributed by atoms with Crippen LogP contribution in [0, 0.1) is 0 Å². The molecule has 0 aliphatic carbocycles. The van der Waals surface area contributed by atoms with Crippen LogP contribution in [0.15, 0.2) is 42.5 Å². The van der Waals surface area contributed by atoms with Crippen LogP contribution in [0.25, 0.3) is 11.1 Å². The number of hydrogen-bond donors (Lipinski definition) is 0. The lowest BCUT2D eigenvalue weighted by Gasteiger charge is -2.10. The number of hydrogen-bond acceptors (Lipinski definition) is 1. The third kappa shape index (κ3) is 3.01. The zero-order valence-electron chi connectivity index (χ0n) is 9.96. The molecule has 0 fully saturated rings. The summed E-state index contributed by atoms with van der Waals surface area (Å²) < 4.78 is 42.5. The van der Waals surface area contributed by atoms with Crippen molar-refractivity contribution in [2.75, 3.05) is 7.11 Å². The van der Waals surface area contributed by atoms with Crippen molar-refractivity contribution in [3.05, 3.63) is 53.1 Å². The highest BCUT2D eigenvalue weighted by atomic mass is 35.5. The first kappa shape index (κ1) is 13.7. The van der Waals surface area contributed by atoms with Crippen molar-refractivity contribution in [1.29, 1.82) is 0 Å². The lowest BCUT2D eigenvalue weighted by Crippen LogP contribution is -2.04. The summed E-state index contributed by atoms with van der Waals surface area (Å²) in [6.07, 6.45) is -4.34. The Hall–Kier alpha value is -1.68. The van der Waals surface area contributed by atoms with Gasteiger partial charge in [0.2, 0.25) is 0 Å². The fourth-order valence-electron chi connectivity index (χ4n) is 1.69. The molecule has 0 spiro atoms. The van der Waals surface area contributed by atoms with E-state index >= 15 is 0 Å². The van der Waals surface area contributed by atoms with Gasteiger partial charge in [0.05, 0.1) is 12.7 Å². The lowest BCUT2D eigenvalue weighted by atomic mass is 10.0. The Morgan fingerprint density at radius 3 is 2.16 bits per heavy atom. The largest absolute Gasteiger partial charge is 0.497 e. The molecule has 0 N–H and O–H groups in total. The van der Waals surface area contributed by atoms with E-state index in [1.807, 2.05) is 0 Å². The van der Waals surface area contributed by atoms with Gasteiger partial charge in [-0.25, -0.2) is 0 Å². The van der Waals surface area contributed by atoms with Crippen LogP contribution >= 0.6 is 11.6 Å². The third-order valence-corrected chi connectivity index (χ3v) is 3.03. The van der Waals surface area contributed by atoms with Crippen LogP contribution in [-0.4, -0.2) is 7.11 Å². The molecule has 0 saturated heterocycles. The molecule has 0 aliphatic rings. The van der Waals surface area contributed by atoms with Crippen LogP contribution in [-0.2, 0) is 6.18 Å². The fourth-order valence-corrected chi connectivity index (χ4v) is 1.92. The zero-order chi connectivity index (χ0) is 14.0. The van der Waals surface area contributed by atoms with Gasteiger partial charge in [0.1, 0.15) is 5.75 Å². The van der Waals surface area contributed by atoms with Crippen molar-refractivity contribution in [2.45, 2.75) is 6.18 Å². The molecule has 19 heavy (non-hydrogen) atoms. The summed E-state index contributed by atoms with van der Waals surface area (Å²) in [6, 6.07) is 9.87. The molecule has 0 aromatic heterocycles. The second kappa shape index (κ2) is 5.13. The number of benzene rings is 2. The van der Waals surface area contributed by atoms with E-state index in [-0.39, 0.29) is 0 Å². The van der Waals surface area contributed by atoms with Gasteiger partial charge in [-0.1, -0.05) is 23.7 Å². The third-order valence-electron chi connectivity index (χ3n) is 2.70. The van der Waals surface area contributed by atoms with Gasteiger partial charge in [-0.3, -0.25) is 0 Å². The first-order chi connectivity index (χ1) is 8.91. The van der Waals surface area contributed by atoms with E-state index in [0.717, 1.165) is 12.1 Å². The van der Waals surface area contributed by atoms with Crippen molar-refractivity contribution in [3.8, 4) is 16.9 Å². The van der Waals surface area contributed by atoms with E-state index in [1.165, 1.54) is 19.2 Å². The van der Waals surface area contributed by atoms with Gasteiger partial charge in [0.25, 0.3) is 0 Å². The number of methoxy groups -OCH3 is 1. The molecule has 0 unspecified atom stereocenters. The Kier molecular flexibility index (Phi) is 3.71. The van der Waals surface area contributed by atoms with Gasteiger partial charge in [-0.05, 0) is 35.9 Å². The summed E-state index contributed by atoms with van der Waals surface area (Å²) in [7, 11) is 1.51. The highest BCUT2D eigenvalue weighted by Gasteiger charge is 2.30. The van der Waals surface area contributed by atoms with Crippen molar-refractivity contribution in [2.24, 2.45) is 0 Å². The van der Waals surface area contributed by atoms with Gasteiger partial charge in [0, 0.05) is 10.6 Å². The minimum absolute atomic E-state index is 0.459. The molecule has 0 amide bonds. The Labute approximate surface area is 113 Å². The molecule has 2 aromatic carbocycles. The highest BCUT2D eigenvalue weighted by molar-refractivity contribution is 6.33. The average molecular weight is 287 g/mol. The first-order valence-electron chi connectivity index (χ1n) is 5.43. The Bertz CT molecular complexity index is 576. The molecule has 5 heteroatoms. The van der Waals surface area contributed by atoms with Crippen LogP contribution in [0.3, 0.4) is 0 Å². The summed E-state index contributed by atoms with van der Waals surface area (Å²) in [6.45, 7) is 0. The highest BCUT2D eigenvalue weighted by Crippen LogP contribution is 2.34. The summed E-state index contributed by atoms with van der Waals surface area (Å²) in [5.74, 6) is 0.597. The molecular weight excluding hydrogens is 277 g/mol. The minimum atomic E-state index is -4.34. The van der Waals surface area contributed by atoms with Crippen LogP contribution < -0.4 is 4.74 Å². The maximum absolute atomic E-state index is 12.5. The van der Waals surface area contributed by atoms with Crippen molar-refractivity contribution < 1.29 is 17.9 Å². The Morgan fingerprint density at radius 1 is 1.00 bits per heavy atom. The molecule has 0 radical (unpaired) electrons. The minimum Gasteiger partial charge on any atom is -0.497 e. The molecular formula is C14H10ClF3O. The quantitative estimate of drug-likeness (QED) is 0.752. The fraction of sp³-hybridized carbons (Fsp3) is 0.143. The monoisotopic (exact) mass is 286 g/mol. The molecule has 2 rings (SSSR count). The maximum Gasteiger partial charge on any atom is 0.416 e. The zero-order valence-corrected chi connectivity index (χ0v) is 10.7. The summed E-state index contributed by atoms with van der Waals surface area (Å²) in [5, 5.41) is 0.459. The number of rotatable bonds is 2. The summed E-state index contributed by atoms with van der Waals surface area (Å²) in [5.41, 5.74) is 0.557. The second-order valence-electron chi connectivity index (χ2n) is 3.92. The summed E-state index contributed by atoms with van der Waals surface area (Å²) >= 11 is 6.04. The SMILES string of the molecule is COc1ccc(Cl)c(-c2ccc(C(F)(F)F)cc2)c1. The second-order valence-corrected chi connectivity index (χ2v) is 4.33. The molecule has 0 aliphatic heterocycles. The molecule has 0 bridgehead atoms. The van der Waals surface area contributed by atoms with Crippen LogP contribution in [0.5, 0.6) is 5.75 Å². The Morgan fingerprint density at radius 2 is 1.63 bits per heavy atom. The van der Waals surface area contributed by atoms with E-state index in [0.29, 0.717) is 21.9 Å². The predicted octanol–water partition coefficient (Wildman–Crippen LogP) is 5.03. The topological polar surface area (TPSA) is 9.23 Å². The number of halogens is 4. The number of alkyl halides is 3. The first-order valence-corrected chi connectivity index (χ1v) is 5.81. The molecule has 2 aromatic rings. The van der Waals surface area contributed by atoms with E-state index in [2.05, 4.69) is 0 Å². The molecule has 0 saturated carbocycles. The van der Waals surface area contributed by atoms with Crippen LogP contribution in [0.1, 0.15) is 5.56 Å². The molecule has 0 heterocycles. The van der Waals surface area contributed by atoms with Crippen molar-refractivity contribution in [3.63, 3.8) is 0 Å². The van der Waals surface area contributed by atoms with Gasteiger partial charge >= 0.3 is 6.18 Å². The van der Waals surface area contributed by atoms with Crippen molar-refractivity contribution in [1.82, 2.24) is 0 Å². The van der Waals surface area contributed by atoms with Crippen LogP contribution in [0.4, 0.5) is 13.2 Å². The van der Waals surface area contributed by atoms with Gasteiger partial charge in [-0.15, -0.1) is 0 Å². The molecule has 0 atom stereocenters. The Balaban J connectivity index is 2.42. The lowest BCUT2D eigenvalue weighted by molar-refractivity contribution is -0.137. The van der Waals surface area contributed by atoms with Gasteiger partial charge in [-0.2, -0.15) is 13.2 Å². The maximum atomic E-state index is 12.5. The predicted molar refractivity (Wildman–Crippen MR) is 68.4 cm³/mol. The van der Waals surface area contributed by atoms with Gasteiger partial charge in [0.15, 0.2) is 0 Å². The van der Waals surface area contributed by atoms with E-state index < -0.39 is 11.7 Å². The van der Waals surface area contributed by atoms with Gasteiger partial charge < -0.3 is 4.74 Å². The number of ether oxygens (including phenoxy) is 1. The smallest absolute Gasteiger partial charge is 0.416 e. The standard InChI is InChI=1S/C14H10ClF3O/c1-19-11-6-7-13(15)12(8-11)9-2-4-10(5-3-9)14(16,17)18/h2-8H,1H3. The molecule has 1 nitrogen and oxygen atoms in total. The van der Waals surface area contributed by atoms with E-state index in [4.69, 9.17) is 16.3 Å². The average Bonchev–Trinajstić information content (AvgIpc) is 2.38.